The molecule has 0 aromatic carbocycles. The molecule has 92 valence electrons. The topological polar surface area (TPSA) is 104 Å². The lowest BCUT2D eigenvalue weighted by Crippen LogP contribution is -2.41. The number of carboxylic acid groups (broad SMARTS) is 1. The zero-order valence-electron chi connectivity index (χ0n) is 9.23. The monoisotopic (exact) mass is 231 g/mol. The van der Waals surface area contributed by atoms with E-state index in [4.69, 9.17) is 10.2 Å². The van der Waals surface area contributed by atoms with Crippen LogP contribution in [0.25, 0.3) is 0 Å². The highest BCUT2D eigenvalue weighted by atomic mass is 16.4. The summed E-state index contributed by atoms with van der Waals surface area (Å²) in [6.07, 6.45) is 0.820. The Hall–Kier alpha value is -1.43. The van der Waals surface area contributed by atoms with E-state index in [9.17, 15) is 14.4 Å². The summed E-state index contributed by atoms with van der Waals surface area (Å²) < 4.78 is 0. The van der Waals surface area contributed by atoms with Crippen molar-refractivity contribution in [2.75, 3.05) is 6.61 Å². The van der Waals surface area contributed by atoms with Gasteiger partial charge in [-0.2, -0.15) is 0 Å². The normalized spacial score (nSPS) is 11.9. The smallest absolute Gasteiger partial charge is 0.326 e. The summed E-state index contributed by atoms with van der Waals surface area (Å²) in [4.78, 5) is 32.5. The van der Waals surface area contributed by atoms with E-state index in [2.05, 4.69) is 5.32 Å². The first-order valence-electron chi connectivity index (χ1n) is 5.09. The van der Waals surface area contributed by atoms with Crippen LogP contribution in [0.4, 0.5) is 0 Å². The fourth-order valence-corrected chi connectivity index (χ4v) is 1.15. The first-order valence-corrected chi connectivity index (χ1v) is 5.09. The molecule has 0 bridgehead atoms. The predicted octanol–water partition coefficient (Wildman–Crippen LogP) is -0.302. The van der Waals surface area contributed by atoms with E-state index in [-0.39, 0.29) is 25.2 Å². The molecular weight excluding hydrogens is 214 g/mol. The van der Waals surface area contributed by atoms with Crippen LogP contribution in [0.3, 0.4) is 0 Å². The second kappa shape index (κ2) is 7.81. The molecule has 0 heterocycles. The molecule has 6 nitrogen and oxygen atoms in total. The number of aliphatic hydroxyl groups is 1. The maximum absolute atomic E-state index is 11.2. The predicted molar refractivity (Wildman–Crippen MR) is 55.8 cm³/mol. The first-order chi connectivity index (χ1) is 7.47. The second-order valence-corrected chi connectivity index (χ2v) is 3.53. The van der Waals surface area contributed by atoms with Crippen molar-refractivity contribution in [1.29, 1.82) is 0 Å². The van der Waals surface area contributed by atoms with Crippen molar-refractivity contribution in [3.63, 3.8) is 0 Å². The molecule has 0 rings (SSSR count). The van der Waals surface area contributed by atoms with Gasteiger partial charge in [0, 0.05) is 25.9 Å². The molecule has 0 unspecified atom stereocenters. The molecule has 0 fully saturated rings. The van der Waals surface area contributed by atoms with Crippen molar-refractivity contribution in [2.45, 2.75) is 38.6 Å². The van der Waals surface area contributed by atoms with Gasteiger partial charge >= 0.3 is 5.97 Å². The van der Waals surface area contributed by atoms with Crippen LogP contribution >= 0.6 is 0 Å². The molecular formula is C10H17NO5. The Morgan fingerprint density at radius 1 is 1.25 bits per heavy atom. The minimum atomic E-state index is -1.17. The number of ketones is 1. The van der Waals surface area contributed by atoms with Gasteiger partial charge in [0.25, 0.3) is 0 Å². The van der Waals surface area contributed by atoms with Crippen LogP contribution in [0.2, 0.25) is 0 Å². The lowest BCUT2D eigenvalue weighted by atomic mass is 10.1. The lowest BCUT2D eigenvalue weighted by Gasteiger charge is -2.12. The number of amides is 1. The number of Topliss-reactive ketones (excluding diaryl/α,β-unsaturated/α-hetero) is 1. The van der Waals surface area contributed by atoms with Gasteiger partial charge in [-0.05, 0) is 13.3 Å². The van der Waals surface area contributed by atoms with Gasteiger partial charge in [0.2, 0.25) is 5.91 Å². The minimum absolute atomic E-state index is 0.00190. The number of carbonyl (C=O) groups is 3. The molecule has 3 N–H and O–H groups in total. The molecule has 0 aliphatic rings. The van der Waals surface area contributed by atoms with Gasteiger partial charge in [0.1, 0.15) is 11.8 Å². The summed E-state index contributed by atoms with van der Waals surface area (Å²) in [7, 11) is 0. The van der Waals surface area contributed by atoms with Crippen LogP contribution in [-0.4, -0.2) is 40.5 Å². The van der Waals surface area contributed by atoms with E-state index in [1.165, 1.54) is 6.92 Å². The quantitative estimate of drug-likeness (QED) is 0.532. The van der Waals surface area contributed by atoms with Crippen molar-refractivity contribution in [2.24, 2.45) is 0 Å². The van der Waals surface area contributed by atoms with Crippen LogP contribution in [-0.2, 0) is 14.4 Å². The van der Waals surface area contributed by atoms with Crippen LogP contribution in [0.15, 0.2) is 0 Å². The Morgan fingerprint density at radius 2 is 1.88 bits per heavy atom. The number of rotatable bonds is 8. The average Bonchev–Trinajstić information content (AvgIpc) is 2.16. The Balaban J connectivity index is 3.90. The third-order valence-electron chi connectivity index (χ3n) is 1.98. The van der Waals surface area contributed by atoms with Crippen LogP contribution in [0.5, 0.6) is 0 Å². The number of carboxylic acids is 1. The molecule has 0 aromatic heterocycles. The highest BCUT2D eigenvalue weighted by molar-refractivity contribution is 5.84. The van der Waals surface area contributed by atoms with E-state index in [0.717, 1.165) is 0 Å². The summed E-state index contributed by atoms with van der Waals surface area (Å²) in [5.41, 5.74) is 0. The van der Waals surface area contributed by atoms with Crippen molar-refractivity contribution >= 4 is 17.7 Å². The van der Waals surface area contributed by atoms with Gasteiger partial charge < -0.3 is 20.3 Å². The molecule has 0 saturated heterocycles. The molecule has 0 aliphatic heterocycles. The SMILES string of the molecule is CC(=O)CCCC(=O)N[C@@H](CCO)C(=O)O. The van der Waals surface area contributed by atoms with Crippen molar-refractivity contribution in [3.8, 4) is 0 Å². The largest absolute Gasteiger partial charge is 0.480 e. The van der Waals surface area contributed by atoms with E-state index in [0.29, 0.717) is 12.8 Å². The molecule has 0 radical (unpaired) electrons. The summed E-state index contributed by atoms with van der Waals surface area (Å²) in [6.45, 7) is 1.13. The van der Waals surface area contributed by atoms with Crippen molar-refractivity contribution in [1.82, 2.24) is 5.32 Å². The van der Waals surface area contributed by atoms with Gasteiger partial charge in [0.15, 0.2) is 0 Å². The van der Waals surface area contributed by atoms with Gasteiger partial charge in [-0.25, -0.2) is 4.79 Å². The van der Waals surface area contributed by atoms with Crippen molar-refractivity contribution < 1.29 is 24.6 Å². The van der Waals surface area contributed by atoms with Crippen LogP contribution in [0.1, 0.15) is 32.6 Å². The van der Waals surface area contributed by atoms with Crippen LogP contribution in [0, 0.1) is 0 Å². The fraction of sp³-hybridized carbons (Fsp3) is 0.700. The minimum Gasteiger partial charge on any atom is -0.480 e. The first kappa shape index (κ1) is 14.6. The average molecular weight is 231 g/mol. The van der Waals surface area contributed by atoms with E-state index >= 15 is 0 Å². The van der Waals surface area contributed by atoms with Gasteiger partial charge in [-0.1, -0.05) is 0 Å². The number of aliphatic carboxylic acids is 1. The maximum Gasteiger partial charge on any atom is 0.326 e. The molecule has 0 spiro atoms. The summed E-state index contributed by atoms with van der Waals surface area (Å²) in [5, 5.41) is 19.6. The van der Waals surface area contributed by atoms with Crippen molar-refractivity contribution in [3.05, 3.63) is 0 Å². The highest BCUT2D eigenvalue weighted by Gasteiger charge is 2.18. The van der Waals surface area contributed by atoms with Gasteiger partial charge in [-0.3, -0.25) is 4.79 Å². The Labute approximate surface area is 93.6 Å². The molecule has 1 amide bonds. The zero-order valence-corrected chi connectivity index (χ0v) is 9.23. The Bertz CT molecular complexity index is 264. The maximum atomic E-state index is 11.2. The molecule has 16 heavy (non-hydrogen) atoms. The Morgan fingerprint density at radius 3 is 2.31 bits per heavy atom. The summed E-state index contributed by atoms with van der Waals surface area (Å²) >= 11 is 0. The number of hydrogen-bond acceptors (Lipinski definition) is 4. The molecule has 0 saturated carbocycles. The number of hydrogen-bond donors (Lipinski definition) is 3. The van der Waals surface area contributed by atoms with E-state index < -0.39 is 17.9 Å². The van der Waals surface area contributed by atoms with Gasteiger partial charge in [-0.15, -0.1) is 0 Å². The van der Waals surface area contributed by atoms with E-state index in [1.54, 1.807) is 0 Å². The summed E-state index contributed by atoms with van der Waals surface area (Å²) in [6, 6.07) is -1.06. The standard InChI is InChI=1S/C10H17NO5/c1-7(13)3-2-4-9(14)11-8(5-6-12)10(15)16/h8,12H,2-6H2,1H3,(H,11,14)(H,15,16)/t8-/m0/s1. The molecule has 0 aliphatic carbocycles. The third-order valence-corrected chi connectivity index (χ3v) is 1.98. The lowest BCUT2D eigenvalue weighted by molar-refractivity contribution is -0.142. The van der Waals surface area contributed by atoms with Crippen LogP contribution < -0.4 is 5.32 Å². The van der Waals surface area contributed by atoms with Gasteiger partial charge in [0.05, 0.1) is 0 Å². The molecule has 1 atom stereocenters. The fourth-order valence-electron chi connectivity index (χ4n) is 1.15. The second-order valence-electron chi connectivity index (χ2n) is 3.53. The molecule has 0 aromatic rings. The number of aliphatic hydroxyl groups excluding tert-OH is 1. The third kappa shape index (κ3) is 6.94. The van der Waals surface area contributed by atoms with E-state index in [1.807, 2.05) is 0 Å². The summed E-state index contributed by atoms with van der Waals surface area (Å²) in [5.74, 6) is -1.59. The number of carbonyl (C=O) groups excluding carboxylic acids is 2. The zero-order chi connectivity index (χ0) is 12.6. The molecule has 6 heteroatoms. The number of nitrogens with one attached hydrogen (secondary N) is 1. The Kier molecular flexibility index (Phi) is 7.11. The highest BCUT2D eigenvalue weighted by Crippen LogP contribution is 1.98.